The molecule has 164 valence electrons. The van der Waals surface area contributed by atoms with Crippen molar-refractivity contribution in [1.82, 2.24) is 9.80 Å². The Morgan fingerprint density at radius 1 is 1.10 bits per heavy atom. The van der Waals surface area contributed by atoms with E-state index in [0.717, 1.165) is 28.2 Å². The smallest absolute Gasteiger partial charge is 0.321 e. The van der Waals surface area contributed by atoms with Gasteiger partial charge in [-0.3, -0.25) is 4.79 Å². The van der Waals surface area contributed by atoms with Crippen molar-refractivity contribution in [2.75, 3.05) is 18.4 Å². The molecule has 2 aliphatic rings. The Bertz CT molecular complexity index is 984. The van der Waals surface area contributed by atoms with Crippen molar-refractivity contribution >= 4 is 33.6 Å². The highest BCUT2D eigenvalue weighted by Crippen LogP contribution is 2.56. The minimum atomic E-state index is -0.751. The Labute approximate surface area is 188 Å². The third kappa shape index (κ3) is 3.93. The number of halogens is 3. The predicted molar refractivity (Wildman–Crippen MR) is 117 cm³/mol. The van der Waals surface area contributed by atoms with Crippen molar-refractivity contribution in [3.8, 4) is 0 Å². The number of likely N-dealkylation sites (tertiary alicyclic amines) is 2. The number of urea groups is 1. The first kappa shape index (κ1) is 21.7. The summed E-state index contributed by atoms with van der Waals surface area (Å²) < 4.78 is 27.8. The van der Waals surface area contributed by atoms with E-state index in [2.05, 4.69) is 21.2 Å². The van der Waals surface area contributed by atoms with Crippen LogP contribution >= 0.6 is 15.9 Å². The molecule has 0 bridgehead atoms. The molecule has 31 heavy (non-hydrogen) atoms. The third-order valence-electron chi connectivity index (χ3n) is 6.26. The molecule has 0 aromatic heterocycles. The maximum atomic E-state index is 13.4. The fourth-order valence-corrected chi connectivity index (χ4v) is 5.04. The van der Waals surface area contributed by atoms with E-state index in [1.807, 2.05) is 43.0 Å². The molecule has 1 atom stereocenters. The number of amides is 3. The zero-order valence-electron chi connectivity index (χ0n) is 17.4. The van der Waals surface area contributed by atoms with E-state index in [-0.39, 0.29) is 23.7 Å². The number of carbonyl (C=O) groups is 2. The monoisotopic (exact) mass is 491 g/mol. The lowest BCUT2D eigenvalue weighted by Crippen LogP contribution is -2.68. The number of benzene rings is 2. The van der Waals surface area contributed by atoms with Gasteiger partial charge in [0, 0.05) is 35.4 Å². The second-order valence-corrected chi connectivity index (χ2v) is 9.41. The van der Waals surface area contributed by atoms with Gasteiger partial charge in [-0.1, -0.05) is 28.1 Å². The summed E-state index contributed by atoms with van der Waals surface area (Å²) in [6.07, 6.45) is 1.08. The number of carbonyl (C=O) groups excluding carboxylic acids is 2. The molecule has 2 saturated heterocycles. The maximum Gasteiger partial charge on any atom is 0.321 e. The molecule has 8 heteroatoms. The van der Waals surface area contributed by atoms with Crippen molar-refractivity contribution in [2.24, 2.45) is 5.41 Å². The number of rotatable bonds is 3. The second-order valence-electron chi connectivity index (χ2n) is 8.49. The minimum Gasteiger partial charge on any atom is -0.332 e. The maximum absolute atomic E-state index is 13.4. The summed E-state index contributed by atoms with van der Waals surface area (Å²) in [5.74, 6) is -1.37. The van der Waals surface area contributed by atoms with E-state index < -0.39 is 23.1 Å². The van der Waals surface area contributed by atoms with Gasteiger partial charge in [0.15, 0.2) is 0 Å². The Balaban J connectivity index is 1.49. The van der Waals surface area contributed by atoms with Crippen LogP contribution in [0.2, 0.25) is 0 Å². The SMILES string of the molecule is CC(C)N1C(=O)C2(CCN(C(=O)Nc3cc(F)cc(F)c3)CC2)C1c1ccc(Br)cc1. The van der Waals surface area contributed by atoms with Crippen LogP contribution in [-0.2, 0) is 4.79 Å². The topological polar surface area (TPSA) is 52.7 Å². The Kier molecular flexibility index (Phi) is 5.77. The molecular weight excluding hydrogens is 468 g/mol. The Hall–Kier alpha value is -2.48. The highest BCUT2D eigenvalue weighted by molar-refractivity contribution is 9.10. The number of anilines is 1. The largest absolute Gasteiger partial charge is 0.332 e. The molecule has 1 spiro atoms. The lowest BCUT2D eigenvalue weighted by Gasteiger charge is -2.60. The average molecular weight is 492 g/mol. The zero-order valence-corrected chi connectivity index (χ0v) is 19.0. The van der Waals surface area contributed by atoms with E-state index in [1.54, 1.807) is 4.90 Å². The summed E-state index contributed by atoms with van der Waals surface area (Å²) in [4.78, 5) is 29.3. The van der Waals surface area contributed by atoms with E-state index in [1.165, 1.54) is 0 Å². The van der Waals surface area contributed by atoms with Crippen LogP contribution in [0, 0.1) is 17.0 Å². The highest BCUT2D eigenvalue weighted by atomic mass is 79.9. The Morgan fingerprint density at radius 2 is 1.68 bits per heavy atom. The summed E-state index contributed by atoms with van der Waals surface area (Å²) in [6.45, 7) is 4.82. The first-order valence-electron chi connectivity index (χ1n) is 10.3. The molecule has 2 heterocycles. The van der Waals surface area contributed by atoms with Crippen LogP contribution in [0.1, 0.15) is 38.3 Å². The van der Waals surface area contributed by atoms with Crippen molar-refractivity contribution in [1.29, 1.82) is 0 Å². The summed E-state index contributed by atoms with van der Waals surface area (Å²) in [7, 11) is 0. The van der Waals surface area contributed by atoms with Crippen LogP contribution in [0.5, 0.6) is 0 Å². The summed E-state index contributed by atoms with van der Waals surface area (Å²) in [5, 5.41) is 2.55. The van der Waals surface area contributed by atoms with Crippen LogP contribution < -0.4 is 5.32 Å². The Morgan fingerprint density at radius 3 is 2.23 bits per heavy atom. The van der Waals surface area contributed by atoms with E-state index in [4.69, 9.17) is 0 Å². The fraction of sp³-hybridized carbons (Fsp3) is 0.391. The first-order chi connectivity index (χ1) is 14.7. The van der Waals surface area contributed by atoms with Gasteiger partial charge < -0.3 is 15.1 Å². The van der Waals surface area contributed by atoms with Gasteiger partial charge in [0.1, 0.15) is 11.6 Å². The minimum absolute atomic E-state index is 0.0318. The van der Waals surface area contributed by atoms with Crippen molar-refractivity contribution in [3.05, 3.63) is 64.1 Å². The molecule has 5 nitrogen and oxygen atoms in total. The summed E-state index contributed by atoms with van der Waals surface area (Å²) in [6, 6.07) is 10.6. The average Bonchev–Trinajstić information content (AvgIpc) is 2.71. The van der Waals surface area contributed by atoms with Crippen LogP contribution in [0.4, 0.5) is 19.3 Å². The fourth-order valence-electron chi connectivity index (χ4n) is 4.77. The van der Waals surface area contributed by atoms with Gasteiger partial charge in [0.25, 0.3) is 0 Å². The van der Waals surface area contributed by atoms with Crippen LogP contribution in [-0.4, -0.2) is 40.9 Å². The number of nitrogens with one attached hydrogen (secondary N) is 1. The first-order valence-corrected chi connectivity index (χ1v) is 11.1. The van der Waals surface area contributed by atoms with Gasteiger partial charge >= 0.3 is 6.03 Å². The molecule has 0 saturated carbocycles. The predicted octanol–water partition coefficient (Wildman–Crippen LogP) is 5.33. The van der Waals surface area contributed by atoms with Gasteiger partial charge in [-0.25, -0.2) is 13.6 Å². The molecule has 2 aromatic carbocycles. The number of hydrogen-bond donors (Lipinski definition) is 1. The quantitative estimate of drug-likeness (QED) is 0.589. The molecule has 1 N–H and O–H groups in total. The molecular formula is C23H24BrF2N3O2. The van der Waals surface area contributed by atoms with Gasteiger partial charge in [-0.15, -0.1) is 0 Å². The number of nitrogens with zero attached hydrogens (tertiary/aromatic N) is 2. The van der Waals surface area contributed by atoms with Crippen molar-refractivity contribution < 1.29 is 18.4 Å². The van der Waals surface area contributed by atoms with Crippen molar-refractivity contribution in [3.63, 3.8) is 0 Å². The van der Waals surface area contributed by atoms with Crippen LogP contribution in [0.15, 0.2) is 46.9 Å². The van der Waals surface area contributed by atoms with E-state index in [9.17, 15) is 18.4 Å². The molecule has 4 rings (SSSR count). The molecule has 2 aliphatic heterocycles. The van der Waals surface area contributed by atoms with Crippen LogP contribution in [0.3, 0.4) is 0 Å². The van der Waals surface area contributed by atoms with E-state index in [0.29, 0.717) is 25.9 Å². The lowest BCUT2D eigenvalue weighted by molar-refractivity contribution is -0.184. The molecule has 2 aromatic rings. The molecule has 2 fully saturated rings. The summed E-state index contributed by atoms with van der Waals surface area (Å²) >= 11 is 3.46. The lowest BCUT2D eigenvalue weighted by atomic mass is 9.62. The number of piperidine rings is 1. The third-order valence-corrected chi connectivity index (χ3v) is 6.79. The van der Waals surface area contributed by atoms with Crippen LogP contribution in [0.25, 0.3) is 0 Å². The van der Waals surface area contributed by atoms with E-state index >= 15 is 0 Å². The van der Waals surface area contributed by atoms with Gasteiger partial charge in [0.05, 0.1) is 11.5 Å². The standard InChI is InChI=1S/C23H24BrF2N3O2/c1-14(2)29-20(15-3-5-16(24)6-4-15)23(21(29)30)7-9-28(10-8-23)22(31)27-19-12-17(25)11-18(26)13-19/h3-6,11-14,20H,7-10H2,1-2H3,(H,27,31). The highest BCUT2D eigenvalue weighted by Gasteiger charge is 2.62. The molecule has 3 amide bonds. The van der Waals surface area contributed by atoms with Gasteiger partial charge in [-0.2, -0.15) is 0 Å². The second kappa shape index (κ2) is 8.22. The van der Waals surface area contributed by atoms with Gasteiger partial charge in [0.2, 0.25) is 5.91 Å². The van der Waals surface area contributed by atoms with Gasteiger partial charge in [-0.05, 0) is 56.5 Å². The number of β-lactam (4-membered cyclic amide) rings is 1. The molecule has 1 unspecified atom stereocenters. The summed E-state index contributed by atoms with van der Waals surface area (Å²) in [5.41, 5.74) is 0.630. The molecule has 0 radical (unpaired) electrons. The number of hydrogen-bond acceptors (Lipinski definition) is 2. The van der Waals surface area contributed by atoms with Crippen molar-refractivity contribution in [2.45, 2.75) is 38.8 Å². The normalized spacial score (nSPS) is 20.2. The zero-order chi connectivity index (χ0) is 22.3. The molecule has 0 aliphatic carbocycles.